The summed E-state index contributed by atoms with van der Waals surface area (Å²) in [4.78, 5) is 26.6. The van der Waals surface area contributed by atoms with Crippen molar-refractivity contribution >= 4 is 11.6 Å². The van der Waals surface area contributed by atoms with Gasteiger partial charge >= 0.3 is 0 Å². The summed E-state index contributed by atoms with van der Waals surface area (Å²) < 4.78 is 0. The monoisotopic (exact) mass is 580 g/mol. The zero-order valence-corrected chi connectivity index (χ0v) is 28.3. The van der Waals surface area contributed by atoms with Crippen molar-refractivity contribution < 1.29 is 14.7 Å². The van der Waals surface area contributed by atoms with E-state index in [0.29, 0.717) is 12.8 Å². The summed E-state index contributed by atoms with van der Waals surface area (Å²) in [5.74, 6) is -0.258. The summed E-state index contributed by atoms with van der Waals surface area (Å²) in [6.45, 7) is 7.66. The summed E-state index contributed by atoms with van der Waals surface area (Å²) in [5.41, 5.74) is 2.95. The SMILES string of the molecule is CCCCCCCCCCCCCCCC(=O)C(C)(C(=O)CCCCCCCCCCCCCCC)C(C)(O)CN. The van der Waals surface area contributed by atoms with Crippen LogP contribution in [0.2, 0.25) is 0 Å². The fourth-order valence-electron chi connectivity index (χ4n) is 6.07. The fraction of sp³-hybridized carbons (Fsp3) is 0.946. The molecule has 0 aliphatic rings. The molecule has 41 heavy (non-hydrogen) atoms. The number of hydrogen-bond acceptors (Lipinski definition) is 4. The first-order valence-corrected chi connectivity index (χ1v) is 18.3. The van der Waals surface area contributed by atoms with Crippen molar-refractivity contribution in [3.05, 3.63) is 0 Å². The van der Waals surface area contributed by atoms with E-state index in [9.17, 15) is 14.7 Å². The van der Waals surface area contributed by atoms with Gasteiger partial charge in [0.1, 0.15) is 17.0 Å². The highest BCUT2D eigenvalue weighted by atomic mass is 16.3. The van der Waals surface area contributed by atoms with Crippen molar-refractivity contribution in [1.29, 1.82) is 0 Å². The molecule has 0 saturated carbocycles. The van der Waals surface area contributed by atoms with Crippen LogP contribution in [-0.4, -0.2) is 28.8 Å². The number of ketones is 2. The number of nitrogens with two attached hydrogens (primary N) is 1. The Morgan fingerprint density at radius 2 is 0.683 bits per heavy atom. The zero-order chi connectivity index (χ0) is 30.7. The van der Waals surface area contributed by atoms with Crippen LogP contribution in [0.15, 0.2) is 0 Å². The highest BCUT2D eigenvalue weighted by molar-refractivity contribution is 6.08. The third-order valence-corrected chi connectivity index (χ3v) is 9.60. The van der Waals surface area contributed by atoms with Gasteiger partial charge in [0, 0.05) is 19.4 Å². The first-order valence-electron chi connectivity index (χ1n) is 18.3. The summed E-state index contributed by atoms with van der Waals surface area (Å²) in [7, 11) is 0. The van der Waals surface area contributed by atoms with Crippen LogP contribution in [0.4, 0.5) is 0 Å². The van der Waals surface area contributed by atoms with Gasteiger partial charge in [0.15, 0.2) is 0 Å². The molecule has 3 N–H and O–H groups in total. The Bertz CT molecular complexity index is 573. The van der Waals surface area contributed by atoms with Gasteiger partial charge < -0.3 is 10.8 Å². The van der Waals surface area contributed by atoms with E-state index >= 15 is 0 Å². The lowest BCUT2D eigenvalue weighted by Gasteiger charge is -2.39. The minimum absolute atomic E-state index is 0.0851. The average molecular weight is 580 g/mol. The van der Waals surface area contributed by atoms with E-state index in [0.717, 1.165) is 38.5 Å². The van der Waals surface area contributed by atoms with Gasteiger partial charge in [-0.15, -0.1) is 0 Å². The quantitative estimate of drug-likeness (QED) is 0.0613. The van der Waals surface area contributed by atoms with E-state index in [2.05, 4.69) is 13.8 Å². The van der Waals surface area contributed by atoms with Crippen LogP contribution in [0.3, 0.4) is 0 Å². The second kappa shape index (κ2) is 26.9. The number of rotatable bonds is 32. The molecule has 0 amide bonds. The Hall–Kier alpha value is -0.740. The standard InChI is InChI=1S/C37H73NO3/c1-5-7-9-11-13-15-17-19-21-23-25-27-29-31-34(39)37(4,36(3,41)33-38)35(40)32-30-28-26-24-22-20-18-16-14-12-10-8-6-2/h41H,5-33,38H2,1-4H3. The first-order chi connectivity index (χ1) is 19.8. The third kappa shape index (κ3) is 19.2. The number of aliphatic hydroxyl groups is 1. The Morgan fingerprint density at radius 3 is 0.902 bits per heavy atom. The largest absolute Gasteiger partial charge is 0.387 e. The Balaban J connectivity index is 4.14. The molecule has 1 atom stereocenters. The van der Waals surface area contributed by atoms with Gasteiger partial charge in [0.25, 0.3) is 0 Å². The number of Topliss-reactive ketones (excluding diaryl/α,β-unsaturated/α-hetero) is 2. The third-order valence-electron chi connectivity index (χ3n) is 9.60. The van der Waals surface area contributed by atoms with Crippen LogP contribution in [0.1, 0.15) is 207 Å². The molecular formula is C37H73NO3. The van der Waals surface area contributed by atoms with Gasteiger partial charge in [0.05, 0.1) is 5.60 Å². The first kappa shape index (κ1) is 40.3. The second-order valence-electron chi connectivity index (χ2n) is 13.4. The lowest BCUT2D eigenvalue weighted by atomic mass is 9.66. The minimum Gasteiger partial charge on any atom is -0.387 e. The number of carbonyl (C=O) groups excluding carboxylic acids is 2. The molecule has 0 saturated heterocycles. The molecule has 0 aliphatic carbocycles. The van der Waals surface area contributed by atoms with Crippen molar-refractivity contribution in [3.63, 3.8) is 0 Å². The normalized spacial score (nSPS) is 13.4. The average Bonchev–Trinajstić information content (AvgIpc) is 2.96. The molecule has 244 valence electrons. The molecule has 0 heterocycles. The lowest BCUT2D eigenvalue weighted by molar-refractivity contribution is -0.156. The van der Waals surface area contributed by atoms with Crippen LogP contribution in [-0.2, 0) is 9.59 Å². The van der Waals surface area contributed by atoms with Crippen molar-refractivity contribution in [2.75, 3.05) is 6.54 Å². The molecule has 0 bridgehead atoms. The summed E-state index contributed by atoms with van der Waals surface area (Å²) >= 11 is 0. The second-order valence-corrected chi connectivity index (χ2v) is 13.4. The van der Waals surface area contributed by atoms with Gasteiger partial charge in [-0.25, -0.2) is 0 Å². The van der Waals surface area contributed by atoms with Gasteiger partial charge in [-0.3, -0.25) is 9.59 Å². The van der Waals surface area contributed by atoms with Crippen LogP contribution in [0, 0.1) is 5.41 Å². The molecule has 0 aromatic carbocycles. The molecule has 0 radical (unpaired) electrons. The zero-order valence-electron chi connectivity index (χ0n) is 28.3. The number of carbonyl (C=O) groups is 2. The predicted molar refractivity (Wildman–Crippen MR) is 178 cm³/mol. The lowest BCUT2D eigenvalue weighted by Crippen LogP contribution is -2.58. The van der Waals surface area contributed by atoms with Gasteiger partial charge in [0.2, 0.25) is 0 Å². The molecule has 0 aromatic heterocycles. The topological polar surface area (TPSA) is 80.4 Å². The van der Waals surface area contributed by atoms with E-state index in [1.54, 1.807) is 13.8 Å². The van der Waals surface area contributed by atoms with Crippen LogP contribution >= 0.6 is 0 Å². The highest BCUT2D eigenvalue weighted by Crippen LogP contribution is 2.36. The fourth-order valence-corrected chi connectivity index (χ4v) is 6.07. The van der Waals surface area contributed by atoms with Crippen molar-refractivity contribution in [2.24, 2.45) is 11.1 Å². The van der Waals surface area contributed by atoms with Crippen molar-refractivity contribution in [1.82, 2.24) is 0 Å². The summed E-state index contributed by atoms with van der Waals surface area (Å²) in [6, 6.07) is 0. The van der Waals surface area contributed by atoms with E-state index in [4.69, 9.17) is 5.73 Å². The molecule has 0 fully saturated rings. The predicted octanol–water partition coefficient (Wildman–Crippen LogP) is 10.8. The van der Waals surface area contributed by atoms with Gasteiger partial charge in [-0.2, -0.15) is 0 Å². The van der Waals surface area contributed by atoms with Crippen molar-refractivity contribution in [2.45, 2.75) is 213 Å². The van der Waals surface area contributed by atoms with E-state index in [-0.39, 0.29) is 18.1 Å². The summed E-state index contributed by atoms with van der Waals surface area (Å²) in [5, 5.41) is 11.0. The smallest absolute Gasteiger partial charge is 0.149 e. The van der Waals surface area contributed by atoms with E-state index < -0.39 is 11.0 Å². The molecule has 0 rings (SSSR count). The van der Waals surface area contributed by atoms with Crippen molar-refractivity contribution in [3.8, 4) is 0 Å². The van der Waals surface area contributed by atoms with Gasteiger partial charge in [-0.1, -0.05) is 168 Å². The maximum atomic E-state index is 13.3. The Kier molecular flexibility index (Phi) is 26.4. The Labute approximate surface area is 256 Å². The maximum Gasteiger partial charge on any atom is 0.149 e. The van der Waals surface area contributed by atoms with Gasteiger partial charge in [-0.05, 0) is 26.7 Å². The minimum atomic E-state index is -1.51. The van der Waals surface area contributed by atoms with Crippen LogP contribution in [0.25, 0.3) is 0 Å². The molecule has 0 aromatic rings. The number of hydrogen-bond donors (Lipinski definition) is 2. The summed E-state index contributed by atoms with van der Waals surface area (Å²) in [6.07, 6.45) is 33.3. The molecule has 0 spiro atoms. The van der Waals surface area contributed by atoms with E-state index in [1.165, 1.54) is 128 Å². The molecule has 4 heteroatoms. The molecule has 0 aliphatic heterocycles. The molecule has 1 unspecified atom stereocenters. The maximum absolute atomic E-state index is 13.3. The molecular weight excluding hydrogens is 506 g/mol. The Morgan fingerprint density at radius 1 is 0.463 bits per heavy atom. The van der Waals surface area contributed by atoms with E-state index in [1.807, 2.05) is 0 Å². The molecule has 4 nitrogen and oxygen atoms in total. The highest BCUT2D eigenvalue weighted by Gasteiger charge is 2.52. The number of unbranched alkanes of at least 4 members (excludes halogenated alkanes) is 24. The van der Waals surface area contributed by atoms with Crippen LogP contribution in [0.5, 0.6) is 0 Å². The van der Waals surface area contributed by atoms with Crippen LogP contribution < -0.4 is 5.73 Å².